The summed E-state index contributed by atoms with van der Waals surface area (Å²) in [5, 5.41) is 24.7. The maximum atomic E-state index is 10.1. The Hall–Kier alpha value is -1.60. The van der Waals surface area contributed by atoms with Crippen LogP contribution in [0.25, 0.3) is 5.69 Å². The molecule has 0 spiro atoms. The van der Waals surface area contributed by atoms with E-state index in [1.54, 1.807) is 23.4 Å². The molecule has 0 bridgehead atoms. The van der Waals surface area contributed by atoms with Gasteiger partial charge in [0.1, 0.15) is 0 Å². The van der Waals surface area contributed by atoms with Crippen LogP contribution in [-0.2, 0) is 0 Å². The minimum Gasteiger partial charge on any atom is -0.387 e. The lowest BCUT2D eigenvalue weighted by atomic mass is 10.1. The van der Waals surface area contributed by atoms with Crippen LogP contribution in [0.3, 0.4) is 0 Å². The Morgan fingerprint density at radius 3 is 2.79 bits per heavy atom. The number of hydrogen-bond acceptors (Lipinski definition) is 6. The van der Waals surface area contributed by atoms with Crippen LogP contribution in [0.4, 0.5) is 5.95 Å². The lowest BCUT2D eigenvalue weighted by Gasteiger charge is -2.22. The Morgan fingerprint density at radius 2 is 2.11 bits per heavy atom. The molecule has 0 aliphatic rings. The molecule has 1 aromatic carbocycles. The number of aromatic nitrogens is 4. The van der Waals surface area contributed by atoms with Crippen molar-refractivity contribution < 1.29 is 5.11 Å². The molecule has 0 amide bonds. The van der Waals surface area contributed by atoms with Crippen molar-refractivity contribution in [1.29, 1.82) is 0 Å². The summed E-state index contributed by atoms with van der Waals surface area (Å²) in [4.78, 5) is 0. The number of nitrogens with zero attached hydrogens (tertiary/aromatic N) is 4. The van der Waals surface area contributed by atoms with Crippen LogP contribution < -0.4 is 5.32 Å². The summed E-state index contributed by atoms with van der Waals surface area (Å²) in [5.74, 6) is 1.17. The molecule has 2 rings (SSSR count). The van der Waals surface area contributed by atoms with E-state index >= 15 is 0 Å². The highest BCUT2D eigenvalue weighted by Gasteiger charge is 2.20. The van der Waals surface area contributed by atoms with Crippen LogP contribution in [-0.4, -0.2) is 49.5 Å². The van der Waals surface area contributed by atoms with Crippen molar-refractivity contribution in [3.63, 3.8) is 0 Å². The topological polar surface area (TPSA) is 75.9 Å². The molecule has 1 atom stereocenters. The normalized spacial score (nSPS) is 14.1. The third kappa shape index (κ3) is 3.68. The SMILES string of the molecule is CSC[C@@](C)(O)CNc1nnnn1-c1ccccc1. The van der Waals surface area contributed by atoms with Crippen molar-refractivity contribution in [2.24, 2.45) is 0 Å². The van der Waals surface area contributed by atoms with E-state index < -0.39 is 5.60 Å². The molecule has 0 aliphatic carbocycles. The maximum absolute atomic E-state index is 10.1. The zero-order valence-corrected chi connectivity index (χ0v) is 11.8. The first-order valence-electron chi connectivity index (χ1n) is 5.91. The van der Waals surface area contributed by atoms with E-state index in [0.29, 0.717) is 18.2 Å². The van der Waals surface area contributed by atoms with Gasteiger partial charge >= 0.3 is 0 Å². The van der Waals surface area contributed by atoms with Crippen LogP contribution in [0.5, 0.6) is 0 Å². The van der Waals surface area contributed by atoms with E-state index in [1.807, 2.05) is 36.6 Å². The zero-order chi connectivity index (χ0) is 13.7. The van der Waals surface area contributed by atoms with Gasteiger partial charge in [-0.2, -0.15) is 16.4 Å². The fourth-order valence-corrected chi connectivity index (χ4v) is 2.40. The van der Waals surface area contributed by atoms with Gasteiger partial charge in [-0.05, 0) is 35.7 Å². The third-order valence-electron chi connectivity index (χ3n) is 2.55. The lowest BCUT2D eigenvalue weighted by Crippen LogP contribution is -2.36. The lowest BCUT2D eigenvalue weighted by molar-refractivity contribution is 0.0995. The molecule has 0 radical (unpaired) electrons. The summed E-state index contributed by atoms with van der Waals surface area (Å²) in [6.45, 7) is 2.17. The van der Waals surface area contributed by atoms with Crippen molar-refractivity contribution >= 4 is 17.7 Å². The number of para-hydroxylation sites is 1. The van der Waals surface area contributed by atoms with Crippen molar-refractivity contribution in [3.8, 4) is 5.69 Å². The molecule has 0 aliphatic heterocycles. The first kappa shape index (κ1) is 13.8. The van der Waals surface area contributed by atoms with E-state index in [-0.39, 0.29) is 0 Å². The molecule has 2 N–H and O–H groups in total. The van der Waals surface area contributed by atoms with E-state index in [4.69, 9.17) is 0 Å². The highest BCUT2D eigenvalue weighted by molar-refractivity contribution is 7.98. The monoisotopic (exact) mass is 279 g/mol. The summed E-state index contributed by atoms with van der Waals surface area (Å²) in [6.07, 6.45) is 1.96. The second kappa shape index (κ2) is 6.03. The first-order chi connectivity index (χ1) is 9.12. The molecule has 102 valence electrons. The van der Waals surface area contributed by atoms with Crippen LogP contribution in [0.2, 0.25) is 0 Å². The smallest absolute Gasteiger partial charge is 0.247 e. The van der Waals surface area contributed by atoms with E-state index in [2.05, 4.69) is 20.8 Å². The summed E-state index contributed by atoms with van der Waals surface area (Å²) in [6, 6.07) is 9.61. The molecule has 19 heavy (non-hydrogen) atoms. The number of benzene rings is 1. The average molecular weight is 279 g/mol. The number of hydrogen-bond donors (Lipinski definition) is 2. The van der Waals surface area contributed by atoms with Crippen molar-refractivity contribution in [2.75, 3.05) is 23.9 Å². The second-order valence-electron chi connectivity index (χ2n) is 4.53. The largest absolute Gasteiger partial charge is 0.387 e. The molecular formula is C12H17N5OS. The summed E-state index contributed by atoms with van der Waals surface area (Å²) in [7, 11) is 0. The van der Waals surface area contributed by atoms with Gasteiger partial charge in [-0.3, -0.25) is 0 Å². The Kier molecular flexibility index (Phi) is 4.39. The predicted molar refractivity (Wildman–Crippen MR) is 76.6 cm³/mol. The molecule has 2 aromatic rings. The molecule has 1 heterocycles. The molecule has 6 nitrogen and oxygen atoms in total. The van der Waals surface area contributed by atoms with Crippen molar-refractivity contribution in [1.82, 2.24) is 20.2 Å². The number of nitrogens with one attached hydrogen (secondary N) is 1. The van der Waals surface area contributed by atoms with Crippen molar-refractivity contribution in [2.45, 2.75) is 12.5 Å². The standard InChI is InChI=1S/C12H17N5OS/c1-12(18,9-19-2)8-13-11-14-15-16-17(11)10-6-4-3-5-7-10/h3-7,18H,8-9H2,1-2H3,(H,13,14,16)/t12-/m0/s1. The molecule has 0 fully saturated rings. The number of rotatable bonds is 6. The van der Waals surface area contributed by atoms with Gasteiger partial charge < -0.3 is 10.4 Å². The predicted octanol–water partition coefficient (Wildman–Crippen LogP) is 1.19. The number of anilines is 1. The van der Waals surface area contributed by atoms with E-state index in [0.717, 1.165) is 5.69 Å². The number of tetrazole rings is 1. The Morgan fingerprint density at radius 1 is 1.37 bits per heavy atom. The van der Waals surface area contributed by atoms with E-state index in [9.17, 15) is 5.11 Å². The third-order valence-corrected chi connectivity index (χ3v) is 3.46. The van der Waals surface area contributed by atoms with Gasteiger partial charge in [-0.1, -0.05) is 23.3 Å². The van der Waals surface area contributed by atoms with Crippen LogP contribution in [0.15, 0.2) is 30.3 Å². The van der Waals surface area contributed by atoms with Gasteiger partial charge in [-0.25, -0.2) is 0 Å². The quantitative estimate of drug-likeness (QED) is 0.827. The van der Waals surface area contributed by atoms with Gasteiger partial charge in [0.15, 0.2) is 0 Å². The molecular weight excluding hydrogens is 262 g/mol. The summed E-state index contributed by atoms with van der Waals surface area (Å²) < 4.78 is 1.61. The van der Waals surface area contributed by atoms with E-state index in [1.165, 1.54) is 0 Å². The number of thioether (sulfide) groups is 1. The Labute approximate surface area is 116 Å². The van der Waals surface area contributed by atoms with Gasteiger partial charge in [0.25, 0.3) is 0 Å². The maximum Gasteiger partial charge on any atom is 0.247 e. The fraction of sp³-hybridized carbons (Fsp3) is 0.417. The summed E-state index contributed by atoms with van der Waals surface area (Å²) >= 11 is 1.60. The fourth-order valence-electron chi connectivity index (χ4n) is 1.67. The molecule has 0 unspecified atom stereocenters. The van der Waals surface area contributed by atoms with Gasteiger partial charge in [-0.15, -0.1) is 0 Å². The Balaban J connectivity index is 2.09. The zero-order valence-electron chi connectivity index (χ0n) is 10.9. The van der Waals surface area contributed by atoms with Gasteiger partial charge in [0.2, 0.25) is 5.95 Å². The molecule has 0 saturated carbocycles. The Bertz CT molecular complexity index is 514. The summed E-state index contributed by atoms with van der Waals surface area (Å²) in [5.41, 5.74) is 0.0758. The first-order valence-corrected chi connectivity index (χ1v) is 7.31. The minimum absolute atomic E-state index is 0.390. The van der Waals surface area contributed by atoms with Gasteiger partial charge in [0.05, 0.1) is 11.3 Å². The van der Waals surface area contributed by atoms with Gasteiger partial charge in [0, 0.05) is 12.3 Å². The molecule has 0 saturated heterocycles. The van der Waals surface area contributed by atoms with Crippen LogP contribution in [0, 0.1) is 0 Å². The highest BCUT2D eigenvalue weighted by atomic mass is 32.2. The van der Waals surface area contributed by atoms with Crippen LogP contribution >= 0.6 is 11.8 Å². The molecule has 1 aromatic heterocycles. The minimum atomic E-state index is -0.799. The number of aliphatic hydroxyl groups is 1. The van der Waals surface area contributed by atoms with Crippen molar-refractivity contribution in [3.05, 3.63) is 30.3 Å². The average Bonchev–Trinajstić information content (AvgIpc) is 2.86. The second-order valence-corrected chi connectivity index (χ2v) is 5.40. The highest BCUT2D eigenvalue weighted by Crippen LogP contribution is 2.14. The molecule has 7 heteroatoms. The van der Waals surface area contributed by atoms with Crippen LogP contribution in [0.1, 0.15) is 6.92 Å².